The number of rotatable bonds is 3. The Kier molecular flexibility index (Phi) is 5.47. The molecule has 0 saturated heterocycles. The van der Waals surface area contributed by atoms with Crippen LogP contribution in [0.2, 0.25) is 0 Å². The largest absolute Gasteiger partial charge is 0.506 e. The van der Waals surface area contributed by atoms with Crippen molar-refractivity contribution in [2.75, 3.05) is 34.8 Å². The molecule has 8 heteroatoms. The molecule has 2 amide bonds. The molecule has 3 aromatic heterocycles. The number of aromatic nitrogens is 3. The number of nitrogens with zero attached hydrogens (tertiary/aromatic N) is 5. The van der Waals surface area contributed by atoms with Crippen molar-refractivity contribution in [2.24, 2.45) is 0 Å². The van der Waals surface area contributed by atoms with Gasteiger partial charge in [-0.3, -0.25) is 14.9 Å². The van der Waals surface area contributed by atoms with Gasteiger partial charge in [-0.25, -0.2) is 9.78 Å². The molecule has 8 nitrogen and oxygen atoms in total. The molecule has 0 unspecified atom stereocenters. The van der Waals surface area contributed by atoms with Gasteiger partial charge in [-0.15, -0.1) is 0 Å². The topological polar surface area (TPSA) is 94.5 Å². The summed E-state index contributed by atoms with van der Waals surface area (Å²) in [5.41, 5.74) is 4.00. The molecular weight excluding hydrogens is 380 g/mol. The summed E-state index contributed by atoms with van der Waals surface area (Å²) in [6.07, 6.45) is 5.40. The predicted octanol–water partition coefficient (Wildman–Crippen LogP) is 3.82. The summed E-state index contributed by atoms with van der Waals surface area (Å²) in [6, 6.07) is 9.06. The van der Waals surface area contributed by atoms with Crippen LogP contribution in [0.25, 0.3) is 11.3 Å². The van der Waals surface area contributed by atoms with E-state index in [9.17, 15) is 9.90 Å². The number of hydrogen-bond donors (Lipinski definition) is 2. The van der Waals surface area contributed by atoms with E-state index in [0.717, 1.165) is 42.1 Å². The van der Waals surface area contributed by atoms with Gasteiger partial charge in [0.25, 0.3) is 0 Å². The summed E-state index contributed by atoms with van der Waals surface area (Å²) in [7, 11) is 0. The second-order valence-electron chi connectivity index (χ2n) is 7.17. The van der Waals surface area contributed by atoms with Gasteiger partial charge in [-0.1, -0.05) is 0 Å². The molecular formula is C22H24N6O2. The summed E-state index contributed by atoms with van der Waals surface area (Å²) in [5.74, 6) is 0.613. The van der Waals surface area contributed by atoms with E-state index >= 15 is 0 Å². The fourth-order valence-corrected chi connectivity index (χ4v) is 3.61. The Morgan fingerprint density at radius 3 is 2.83 bits per heavy atom. The maximum Gasteiger partial charge on any atom is 0.327 e. The zero-order valence-electron chi connectivity index (χ0n) is 17.0. The molecule has 4 rings (SSSR count). The smallest absolute Gasteiger partial charge is 0.327 e. The number of aromatic hydroxyl groups is 1. The minimum Gasteiger partial charge on any atom is -0.506 e. The highest BCUT2D eigenvalue weighted by Gasteiger charge is 2.26. The molecule has 0 fully saturated rings. The molecule has 0 spiro atoms. The van der Waals surface area contributed by atoms with E-state index < -0.39 is 0 Å². The molecule has 1 aliphatic heterocycles. The standard InChI is InChI=1S/C22H24N6O2/c1-3-27-9-4-10-28(22(30)25-17-12-18(29)14-23-13-17)21-20(27)6-5-19(26-21)16-7-8-24-15(2)11-16/h5-8,11-14,29H,3-4,9-10H2,1-2H3,(H,25,30). The maximum absolute atomic E-state index is 13.1. The lowest BCUT2D eigenvalue weighted by Crippen LogP contribution is -2.36. The third kappa shape index (κ3) is 4.03. The number of anilines is 3. The van der Waals surface area contributed by atoms with Crippen LogP contribution < -0.4 is 15.1 Å². The van der Waals surface area contributed by atoms with E-state index in [-0.39, 0.29) is 11.8 Å². The maximum atomic E-state index is 13.1. The molecule has 0 saturated carbocycles. The zero-order chi connectivity index (χ0) is 21.1. The number of amides is 2. The van der Waals surface area contributed by atoms with Crippen molar-refractivity contribution in [1.82, 2.24) is 15.0 Å². The SMILES string of the molecule is CCN1CCCN(C(=O)Nc2cncc(O)c2)c2nc(-c3ccnc(C)c3)ccc21. The molecule has 0 aromatic carbocycles. The molecule has 4 heterocycles. The number of fused-ring (bicyclic) bond motifs is 1. The van der Waals surface area contributed by atoms with Gasteiger partial charge in [-0.2, -0.15) is 0 Å². The van der Waals surface area contributed by atoms with Gasteiger partial charge in [0.15, 0.2) is 5.82 Å². The minimum absolute atomic E-state index is 0.00491. The summed E-state index contributed by atoms with van der Waals surface area (Å²) in [4.78, 5) is 30.1. The highest BCUT2D eigenvalue weighted by Crippen LogP contribution is 2.33. The second-order valence-corrected chi connectivity index (χ2v) is 7.17. The lowest BCUT2D eigenvalue weighted by atomic mass is 10.1. The average Bonchev–Trinajstić information content (AvgIpc) is 2.92. The average molecular weight is 404 g/mol. The third-order valence-electron chi connectivity index (χ3n) is 5.06. The van der Waals surface area contributed by atoms with E-state index in [1.807, 2.05) is 31.2 Å². The number of hydrogen-bond acceptors (Lipinski definition) is 6. The molecule has 1 aliphatic rings. The highest BCUT2D eigenvalue weighted by atomic mass is 16.3. The van der Waals surface area contributed by atoms with E-state index in [1.165, 1.54) is 18.5 Å². The van der Waals surface area contributed by atoms with Crippen molar-refractivity contribution >= 4 is 23.2 Å². The minimum atomic E-state index is -0.308. The Morgan fingerprint density at radius 2 is 2.07 bits per heavy atom. The van der Waals surface area contributed by atoms with Gasteiger partial charge < -0.3 is 15.3 Å². The molecule has 0 atom stereocenters. The Hall–Kier alpha value is -3.68. The van der Waals surface area contributed by atoms with Crippen LogP contribution in [0.3, 0.4) is 0 Å². The van der Waals surface area contributed by atoms with Crippen molar-refractivity contribution in [2.45, 2.75) is 20.3 Å². The van der Waals surface area contributed by atoms with E-state index in [1.54, 1.807) is 11.1 Å². The fraction of sp³-hybridized carbons (Fsp3) is 0.273. The molecule has 30 heavy (non-hydrogen) atoms. The first kappa shape index (κ1) is 19.6. The zero-order valence-corrected chi connectivity index (χ0v) is 17.0. The van der Waals surface area contributed by atoms with Crippen LogP contribution >= 0.6 is 0 Å². The van der Waals surface area contributed by atoms with Gasteiger partial charge in [-0.05, 0) is 44.5 Å². The van der Waals surface area contributed by atoms with Crippen LogP contribution in [0, 0.1) is 6.92 Å². The van der Waals surface area contributed by atoms with E-state index in [0.29, 0.717) is 18.1 Å². The first-order valence-electron chi connectivity index (χ1n) is 9.96. The molecule has 0 bridgehead atoms. The Bertz CT molecular complexity index is 1070. The van der Waals surface area contributed by atoms with Crippen molar-refractivity contribution in [3.05, 3.63) is 54.6 Å². The monoisotopic (exact) mass is 404 g/mol. The molecule has 0 aliphatic carbocycles. The van der Waals surface area contributed by atoms with Gasteiger partial charge in [0, 0.05) is 43.2 Å². The highest BCUT2D eigenvalue weighted by molar-refractivity contribution is 6.03. The van der Waals surface area contributed by atoms with Gasteiger partial charge in [0.1, 0.15) is 5.75 Å². The Morgan fingerprint density at radius 1 is 1.20 bits per heavy atom. The van der Waals surface area contributed by atoms with Crippen LogP contribution in [0.4, 0.5) is 22.0 Å². The van der Waals surface area contributed by atoms with Gasteiger partial charge in [0.2, 0.25) is 0 Å². The predicted molar refractivity (Wildman–Crippen MR) is 117 cm³/mol. The summed E-state index contributed by atoms with van der Waals surface area (Å²) in [5, 5.41) is 12.5. The Balaban J connectivity index is 1.73. The fourth-order valence-electron chi connectivity index (χ4n) is 3.61. The number of carbonyl (C=O) groups is 1. The quantitative estimate of drug-likeness (QED) is 0.689. The molecule has 2 N–H and O–H groups in total. The molecule has 3 aromatic rings. The van der Waals surface area contributed by atoms with E-state index in [4.69, 9.17) is 4.98 Å². The number of pyridine rings is 3. The van der Waals surface area contributed by atoms with Crippen molar-refractivity contribution in [3.8, 4) is 17.0 Å². The third-order valence-corrected chi connectivity index (χ3v) is 5.06. The molecule has 0 radical (unpaired) electrons. The number of aryl methyl sites for hydroxylation is 1. The van der Waals surface area contributed by atoms with Crippen LogP contribution in [-0.4, -0.2) is 45.7 Å². The summed E-state index contributed by atoms with van der Waals surface area (Å²) in [6.45, 7) is 6.24. The van der Waals surface area contributed by atoms with Crippen molar-refractivity contribution in [3.63, 3.8) is 0 Å². The summed E-state index contributed by atoms with van der Waals surface area (Å²) < 4.78 is 0. The van der Waals surface area contributed by atoms with Crippen LogP contribution in [0.15, 0.2) is 48.9 Å². The van der Waals surface area contributed by atoms with Gasteiger partial charge >= 0.3 is 6.03 Å². The number of nitrogens with one attached hydrogen (secondary N) is 1. The van der Waals surface area contributed by atoms with Crippen LogP contribution in [0.5, 0.6) is 5.75 Å². The second kappa shape index (κ2) is 8.36. The van der Waals surface area contributed by atoms with Gasteiger partial charge in [0.05, 0.1) is 29.5 Å². The summed E-state index contributed by atoms with van der Waals surface area (Å²) >= 11 is 0. The first-order valence-corrected chi connectivity index (χ1v) is 9.96. The first-order chi connectivity index (χ1) is 14.5. The molecule has 154 valence electrons. The lowest BCUT2D eigenvalue weighted by Gasteiger charge is -2.25. The number of urea groups is 1. The number of carbonyl (C=O) groups excluding carboxylic acids is 1. The van der Waals surface area contributed by atoms with Crippen molar-refractivity contribution < 1.29 is 9.90 Å². The van der Waals surface area contributed by atoms with Crippen LogP contribution in [0.1, 0.15) is 19.0 Å². The Labute approximate surface area is 175 Å². The lowest BCUT2D eigenvalue weighted by molar-refractivity contribution is 0.257. The van der Waals surface area contributed by atoms with E-state index in [2.05, 4.69) is 27.1 Å². The van der Waals surface area contributed by atoms with Crippen LogP contribution in [-0.2, 0) is 0 Å². The normalized spacial score (nSPS) is 13.5. The van der Waals surface area contributed by atoms with Crippen molar-refractivity contribution in [1.29, 1.82) is 0 Å².